The number of nitrogens with zero attached hydrogens (tertiary/aromatic N) is 4. The van der Waals surface area contributed by atoms with Crippen LogP contribution in [-0.2, 0) is 21.4 Å². The van der Waals surface area contributed by atoms with E-state index in [1.54, 1.807) is 19.9 Å². The van der Waals surface area contributed by atoms with Gasteiger partial charge in [0.05, 0.1) is 10.6 Å². The predicted molar refractivity (Wildman–Crippen MR) is 142 cm³/mol. The summed E-state index contributed by atoms with van der Waals surface area (Å²) in [5.41, 5.74) is 2.27. The van der Waals surface area contributed by atoms with Crippen LogP contribution < -0.4 is 15.4 Å². The quantitative estimate of drug-likeness (QED) is 0.253. The van der Waals surface area contributed by atoms with Crippen molar-refractivity contribution in [3.8, 4) is 0 Å². The van der Waals surface area contributed by atoms with Gasteiger partial charge in [0, 0.05) is 24.0 Å². The molecule has 0 saturated carbocycles. The number of nitrogens with one attached hydrogen (secondary N) is 3. The summed E-state index contributed by atoms with van der Waals surface area (Å²) in [6.45, 7) is 4.09. The third kappa shape index (κ3) is 7.23. The van der Waals surface area contributed by atoms with Crippen molar-refractivity contribution < 1.29 is 13.2 Å². The van der Waals surface area contributed by atoms with Crippen LogP contribution in [0.3, 0.4) is 0 Å². The second kappa shape index (κ2) is 11.5. The van der Waals surface area contributed by atoms with E-state index in [9.17, 15) is 13.2 Å². The molecule has 2 aromatic carbocycles. The van der Waals surface area contributed by atoms with Gasteiger partial charge in [-0.25, -0.2) is 18.4 Å². The zero-order valence-corrected chi connectivity index (χ0v) is 21.9. The molecule has 0 fully saturated rings. The molecule has 2 aromatic heterocycles. The Morgan fingerprint density at radius 3 is 2.47 bits per heavy atom. The van der Waals surface area contributed by atoms with Gasteiger partial charge in [0.1, 0.15) is 11.6 Å². The van der Waals surface area contributed by atoms with E-state index < -0.39 is 10.0 Å². The number of carbonyl (C=O) groups excluding carboxylic acids is 1. The molecule has 1 amide bonds. The van der Waals surface area contributed by atoms with E-state index in [4.69, 9.17) is 0 Å². The van der Waals surface area contributed by atoms with E-state index in [0.717, 1.165) is 5.56 Å². The predicted octanol–water partition coefficient (Wildman–Crippen LogP) is 4.09. The molecule has 0 aliphatic carbocycles. The summed E-state index contributed by atoms with van der Waals surface area (Å²) in [7, 11) is -3.84. The number of thioether (sulfide) groups is 1. The molecule has 0 saturated heterocycles. The van der Waals surface area contributed by atoms with Crippen molar-refractivity contribution in [3.63, 3.8) is 0 Å². The molecule has 186 valence electrons. The van der Waals surface area contributed by atoms with Gasteiger partial charge in [-0.05, 0) is 43.7 Å². The van der Waals surface area contributed by atoms with Crippen LogP contribution in [0, 0.1) is 13.8 Å². The number of hydrogen-bond acceptors (Lipinski definition) is 10. The summed E-state index contributed by atoms with van der Waals surface area (Å²) >= 11 is 2.65. The van der Waals surface area contributed by atoms with Crippen molar-refractivity contribution >= 4 is 55.7 Å². The average molecular weight is 542 g/mol. The van der Waals surface area contributed by atoms with Gasteiger partial charge in [-0.3, -0.25) is 9.52 Å². The van der Waals surface area contributed by atoms with Gasteiger partial charge in [-0.15, -0.1) is 10.2 Å². The Hall–Kier alpha value is -3.55. The first kappa shape index (κ1) is 25.5. The first-order chi connectivity index (χ1) is 17.3. The number of sulfonamides is 1. The second-order valence-electron chi connectivity index (χ2n) is 7.62. The van der Waals surface area contributed by atoms with Crippen molar-refractivity contribution in [2.75, 3.05) is 21.1 Å². The highest BCUT2D eigenvalue weighted by Crippen LogP contribution is 2.26. The maximum atomic E-state index is 12.7. The molecule has 0 atom stereocenters. The van der Waals surface area contributed by atoms with Gasteiger partial charge in [-0.2, -0.15) is 0 Å². The number of aromatic nitrogens is 4. The van der Waals surface area contributed by atoms with Crippen LogP contribution in [0.25, 0.3) is 0 Å². The highest BCUT2D eigenvalue weighted by molar-refractivity contribution is 8.01. The lowest BCUT2D eigenvalue weighted by Gasteiger charge is -2.09. The van der Waals surface area contributed by atoms with Crippen molar-refractivity contribution in [2.24, 2.45) is 0 Å². The molecule has 3 N–H and O–H groups in total. The van der Waals surface area contributed by atoms with Crippen LogP contribution in [0.4, 0.5) is 16.6 Å². The number of carbonyl (C=O) groups is 1. The van der Waals surface area contributed by atoms with Crippen LogP contribution in [0.2, 0.25) is 0 Å². The molecule has 10 nitrogen and oxygen atoms in total. The Bertz CT molecular complexity index is 1420. The minimum absolute atomic E-state index is 0.0492. The van der Waals surface area contributed by atoms with Crippen molar-refractivity contribution in [1.29, 1.82) is 0 Å². The molecule has 0 aliphatic heterocycles. The summed E-state index contributed by atoms with van der Waals surface area (Å²) in [4.78, 5) is 20.6. The van der Waals surface area contributed by atoms with Crippen LogP contribution in [0.15, 0.2) is 69.9 Å². The lowest BCUT2D eigenvalue weighted by Crippen LogP contribution is -2.16. The normalized spacial score (nSPS) is 11.2. The number of hydrogen-bond donors (Lipinski definition) is 3. The number of aryl methyl sites for hydroxylation is 2. The molecule has 36 heavy (non-hydrogen) atoms. The Balaban J connectivity index is 1.27. The summed E-state index contributed by atoms with van der Waals surface area (Å²) < 4.78 is 28.5. The monoisotopic (exact) mass is 541 g/mol. The van der Waals surface area contributed by atoms with E-state index in [-0.39, 0.29) is 22.4 Å². The number of anilines is 3. The number of benzene rings is 2. The lowest BCUT2D eigenvalue weighted by molar-refractivity contribution is -0.113. The maximum absolute atomic E-state index is 12.7. The zero-order chi connectivity index (χ0) is 25.5. The molecule has 4 aromatic rings. The summed E-state index contributed by atoms with van der Waals surface area (Å²) in [6.07, 6.45) is 0. The first-order valence-electron chi connectivity index (χ1n) is 10.8. The van der Waals surface area contributed by atoms with Gasteiger partial charge in [0.2, 0.25) is 11.0 Å². The summed E-state index contributed by atoms with van der Waals surface area (Å²) in [5.74, 6) is 0.567. The Kier molecular flexibility index (Phi) is 8.13. The Labute approximate surface area is 217 Å². The topological polar surface area (TPSA) is 139 Å². The third-order valence-corrected chi connectivity index (χ3v) is 8.06. The smallest absolute Gasteiger partial charge is 0.263 e. The van der Waals surface area contributed by atoms with Gasteiger partial charge in [-0.1, -0.05) is 53.4 Å². The van der Waals surface area contributed by atoms with Gasteiger partial charge in [0.15, 0.2) is 4.34 Å². The fraction of sp³-hybridized carbons (Fsp3) is 0.174. The molecule has 4 rings (SSSR count). The number of amides is 1. The molecule has 0 radical (unpaired) electrons. The van der Waals surface area contributed by atoms with E-state index in [1.807, 2.05) is 30.3 Å². The molecule has 0 bridgehead atoms. The van der Waals surface area contributed by atoms with E-state index >= 15 is 0 Å². The molecular formula is C23H23N7O3S3. The SMILES string of the molecule is Cc1cc(NS(=O)(=O)c2ccc(NC(=O)CSc3nnc(NCc4ccccc4)s3)cc2)nc(C)n1. The second-order valence-corrected chi connectivity index (χ2v) is 11.5. The minimum Gasteiger partial charge on any atom is -0.356 e. The summed E-state index contributed by atoms with van der Waals surface area (Å²) in [6, 6.07) is 17.4. The van der Waals surface area contributed by atoms with Crippen molar-refractivity contribution in [3.05, 3.63) is 77.7 Å². The van der Waals surface area contributed by atoms with E-state index in [2.05, 4.69) is 35.5 Å². The highest BCUT2D eigenvalue weighted by Gasteiger charge is 2.16. The largest absolute Gasteiger partial charge is 0.356 e. The molecule has 0 unspecified atom stereocenters. The Morgan fingerprint density at radius 1 is 1.00 bits per heavy atom. The number of rotatable bonds is 10. The third-order valence-electron chi connectivity index (χ3n) is 4.67. The van der Waals surface area contributed by atoms with Crippen LogP contribution >= 0.6 is 23.1 Å². The minimum atomic E-state index is -3.84. The van der Waals surface area contributed by atoms with E-state index in [0.29, 0.717) is 33.2 Å². The zero-order valence-electron chi connectivity index (χ0n) is 19.4. The van der Waals surface area contributed by atoms with Gasteiger partial charge < -0.3 is 10.6 Å². The van der Waals surface area contributed by atoms with Gasteiger partial charge in [0.25, 0.3) is 10.0 Å². The first-order valence-corrected chi connectivity index (χ1v) is 14.0. The standard InChI is InChI=1S/C23H23N7O3S3/c1-15-12-20(26-16(2)25-15)30-36(32,33)19-10-8-18(9-11-19)27-21(31)14-34-23-29-28-22(35-23)24-13-17-6-4-3-5-7-17/h3-12H,13-14H2,1-2H3,(H,24,28)(H,27,31)(H,25,26,30). The molecule has 2 heterocycles. The molecule has 0 spiro atoms. The Morgan fingerprint density at radius 2 is 1.75 bits per heavy atom. The highest BCUT2D eigenvalue weighted by atomic mass is 32.2. The average Bonchev–Trinajstić information content (AvgIpc) is 3.29. The molecule has 0 aliphatic rings. The van der Waals surface area contributed by atoms with Crippen LogP contribution in [0.5, 0.6) is 0 Å². The van der Waals surface area contributed by atoms with Crippen molar-refractivity contribution in [2.45, 2.75) is 29.6 Å². The van der Waals surface area contributed by atoms with Crippen molar-refractivity contribution in [1.82, 2.24) is 20.2 Å². The van der Waals surface area contributed by atoms with Crippen LogP contribution in [-0.4, -0.2) is 40.2 Å². The van der Waals surface area contributed by atoms with Crippen LogP contribution in [0.1, 0.15) is 17.1 Å². The fourth-order valence-corrected chi connectivity index (χ4v) is 5.66. The maximum Gasteiger partial charge on any atom is 0.263 e. The van der Waals surface area contributed by atoms with E-state index in [1.165, 1.54) is 47.4 Å². The molecular weight excluding hydrogens is 519 g/mol. The lowest BCUT2D eigenvalue weighted by atomic mass is 10.2. The summed E-state index contributed by atoms with van der Waals surface area (Å²) in [5, 5.41) is 14.8. The van der Waals surface area contributed by atoms with Gasteiger partial charge >= 0.3 is 0 Å². The fourth-order valence-electron chi connectivity index (χ4n) is 3.12. The molecule has 13 heteroatoms.